The van der Waals surface area contributed by atoms with Gasteiger partial charge in [-0.25, -0.2) is 4.98 Å². The molecule has 0 spiro atoms. The largest absolute Gasteiger partial charge is 0.369 e. The van der Waals surface area contributed by atoms with Gasteiger partial charge >= 0.3 is 0 Å². The van der Waals surface area contributed by atoms with Gasteiger partial charge in [0.1, 0.15) is 5.82 Å². The van der Waals surface area contributed by atoms with Gasteiger partial charge in [0.05, 0.1) is 6.54 Å². The molecule has 5 nitrogen and oxygen atoms in total. The first-order chi connectivity index (χ1) is 14.5. The minimum Gasteiger partial charge on any atom is -0.369 e. The summed E-state index contributed by atoms with van der Waals surface area (Å²) in [6.45, 7) is 11.9. The molecule has 1 aromatic carbocycles. The van der Waals surface area contributed by atoms with Gasteiger partial charge in [0.25, 0.3) is 0 Å². The van der Waals surface area contributed by atoms with E-state index >= 15 is 0 Å². The number of allylic oxidation sites excluding steroid dienone is 3. The zero-order chi connectivity index (χ0) is 21.5. The number of aromatic nitrogens is 1. The molecule has 0 saturated carbocycles. The number of carbonyl (C=O) groups is 1. The first-order valence-corrected chi connectivity index (χ1v) is 10.6. The van der Waals surface area contributed by atoms with Crippen molar-refractivity contribution >= 4 is 17.3 Å². The van der Waals surface area contributed by atoms with E-state index in [2.05, 4.69) is 60.7 Å². The van der Waals surface area contributed by atoms with E-state index < -0.39 is 0 Å². The van der Waals surface area contributed by atoms with Gasteiger partial charge in [-0.1, -0.05) is 49.4 Å². The fraction of sp³-hybridized carbons (Fsp3) is 0.360. The average Bonchev–Trinajstić information content (AvgIpc) is 2.78. The first-order valence-electron chi connectivity index (χ1n) is 10.6. The molecule has 30 heavy (non-hydrogen) atoms. The summed E-state index contributed by atoms with van der Waals surface area (Å²) in [7, 11) is 1.99. The number of amides is 1. The van der Waals surface area contributed by atoms with Crippen molar-refractivity contribution in [2.45, 2.75) is 20.3 Å². The Hall–Kier alpha value is -3.08. The number of anilines is 1. The highest BCUT2D eigenvalue weighted by Gasteiger charge is 2.22. The number of likely N-dealkylation sites (N-methyl/N-ethyl adjacent to an activating group) is 1. The molecule has 1 fully saturated rings. The van der Waals surface area contributed by atoms with Crippen LogP contribution in [-0.2, 0) is 4.79 Å². The van der Waals surface area contributed by atoms with E-state index in [1.54, 1.807) is 0 Å². The Morgan fingerprint density at radius 2 is 1.83 bits per heavy atom. The first kappa shape index (κ1) is 21.6. The molecule has 158 valence electrons. The second kappa shape index (κ2) is 10.1. The summed E-state index contributed by atoms with van der Waals surface area (Å²) in [5.74, 6) is 1.14. The van der Waals surface area contributed by atoms with Crippen molar-refractivity contribution in [2.24, 2.45) is 0 Å². The number of benzene rings is 1. The van der Waals surface area contributed by atoms with E-state index in [0.29, 0.717) is 6.54 Å². The van der Waals surface area contributed by atoms with E-state index in [9.17, 15) is 4.79 Å². The molecular formula is C25H32N4O. The summed E-state index contributed by atoms with van der Waals surface area (Å²) in [4.78, 5) is 23.5. The van der Waals surface area contributed by atoms with Gasteiger partial charge in [-0.05, 0) is 42.7 Å². The Labute approximate surface area is 180 Å². The Morgan fingerprint density at radius 3 is 2.43 bits per heavy atom. The summed E-state index contributed by atoms with van der Waals surface area (Å²) in [6, 6.07) is 14.3. The lowest BCUT2D eigenvalue weighted by molar-refractivity contribution is -0.132. The zero-order valence-corrected chi connectivity index (χ0v) is 18.3. The molecule has 0 N–H and O–H groups in total. The third-order valence-corrected chi connectivity index (χ3v) is 5.59. The Bertz CT molecular complexity index is 881. The van der Waals surface area contributed by atoms with Crippen molar-refractivity contribution in [3.05, 3.63) is 78.1 Å². The van der Waals surface area contributed by atoms with Gasteiger partial charge in [0.15, 0.2) is 0 Å². The Morgan fingerprint density at radius 1 is 1.13 bits per heavy atom. The summed E-state index contributed by atoms with van der Waals surface area (Å²) < 4.78 is 0. The molecule has 0 radical (unpaired) electrons. The second-order valence-corrected chi connectivity index (χ2v) is 7.79. The smallest absolute Gasteiger partial charge is 0.242 e. The molecule has 2 heterocycles. The number of piperazine rings is 1. The number of pyridine rings is 1. The van der Waals surface area contributed by atoms with Crippen LogP contribution >= 0.6 is 0 Å². The highest BCUT2D eigenvalue weighted by Crippen LogP contribution is 2.19. The molecule has 5 heteroatoms. The predicted molar refractivity (Wildman–Crippen MR) is 124 cm³/mol. The van der Waals surface area contributed by atoms with Gasteiger partial charge in [0.2, 0.25) is 5.91 Å². The van der Waals surface area contributed by atoms with Crippen LogP contribution in [0.5, 0.6) is 0 Å². The van der Waals surface area contributed by atoms with Crippen molar-refractivity contribution in [1.29, 1.82) is 0 Å². The topological polar surface area (TPSA) is 39.7 Å². The van der Waals surface area contributed by atoms with Crippen LogP contribution < -0.4 is 4.90 Å². The summed E-state index contributed by atoms with van der Waals surface area (Å²) in [6.07, 6.45) is 4.75. The standard InChI is InChI=1S/C25H32N4O/c1-5-23(18-21(3)22-11-9-20(2)10-12-22)27(4)19-25(30)29-16-14-28(15-17-29)24-8-6-7-13-26-24/h6-13,18H,3,5,14-17,19H2,1-2,4H3/b23-18-. The number of aryl methyl sites for hydroxylation is 1. The summed E-state index contributed by atoms with van der Waals surface area (Å²) in [5.41, 5.74) is 4.42. The third kappa shape index (κ3) is 5.50. The number of nitrogens with zero attached hydrogens (tertiary/aromatic N) is 4. The lowest BCUT2D eigenvalue weighted by Crippen LogP contribution is -2.51. The van der Waals surface area contributed by atoms with Crippen molar-refractivity contribution in [1.82, 2.24) is 14.8 Å². The maximum atomic E-state index is 12.9. The zero-order valence-electron chi connectivity index (χ0n) is 18.3. The molecule has 1 aliphatic heterocycles. The molecule has 0 atom stereocenters. The lowest BCUT2D eigenvalue weighted by Gasteiger charge is -2.36. The van der Waals surface area contributed by atoms with E-state index in [1.165, 1.54) is 5.56 Å². The van der Waals surface area contributed by atoms with Crippen LogP contribution in [0.1, 0.15) is 24.5 Å². The van der Waals surface area contributed by atoms with E-state index in [0.717, 1.165) is 55.3 Å². The normalized spacial score (nSPS) is 14.6. The molecule has 0 unspecified atom stereocenters. The maximum absolute atomic E-state index is 12.9. The van der Waals surface area contributed by atoms with E-state index in [-0.39, 0.29) is 5.91 Å². The lowest BCUT2D eigenvalue weighted by atomic mass is 10.0. The van der Waals surface area contributed by atoms with Crippen LogP contribution in [0.15, 0.2) is 67.0 Å². The quantitative estimate of drug-likeness (QED) is 0.655. The highest BCUT2D eigenvalue weighted by molar-refractivity contribution is 5.79. The molecular weight excluding hydrogens is 372 g/mol. The number of rotatable bonds is 7. The number of hydrogen-bond acceptors (Lipinski definition) is 4. The number of carbonyl (C=O) groups excluding carboxylic acids is 1. The van der Waals surface area contributed by atoms with Gasteiger partial charge < -0.3 is 14.7 Å². The highest BCUT2D eigenvalue weighted by atomic mass is 16.2. The molecule has 3 rings (SSSR count). The molecule has 1 saturated heterocycles. The monoisotopic (exact) mass is 404 g/mol. The van der Waals surface area contributed by atoms with Crippen LogP contribution in [0.2, 0.25) is 0 Å². The van der Waals surface area contributed by atoms with Crippen molar-refractivity contribution in [3.8, 4) is 0 Å². The molecule has 2 aromatic rings. The Kier molecular flexibility index (Phi) is 7.28. The second-order valence-electron chi connectivity index (χ2n) is 7.79. The fourth-order valence-corrected chi connectivity index (χ4v) is 3.66. The summed E-state index contributed by atoms with van der Waals surface area (Å²) in [5, 5.41) is 0. The fourth-order valence-electron chi connectivity index (χ4n) is 3.66. The van der Waals surface area contributed by atoms with Crippen LogP contribution in [0, 0.1) is 6.92 Å². The Balaban J connectivity index is 1.56. The van der Waals surface area contributed by atoms with Crippen LogP contribution in [0.3, 0.4) is 0 Å². The van der Waals surface area contributed by atoms with Gasteiger partial charge in [-0.3, -0.25) is 4.79 Å². The minimum absolute atomic E-state index is 0.165. The molecule has 0 aliphatic carbocycles. The maximum Gasteiger partial charge on any atom is 0.242 e. The van der Waals surface area contributed by atoms with Crippen LogP contribution in [-0.4, -0.2) is 60.5 Å². The van der Waals surface area contributed by atoms with Gasteiger partial charge in [-0.2, -0.15) is 0 Å². The van der Waals surface area contributed by atoms with E-state index in [4.69, 9.17) is 0 Å². The number of hydrogen-bond donors (Lipinski definition) is 0. The molecule has 1 aromatic heterocycles. The minimum atomic E-state index is 0.165. The van der Waals surface area contributed by atoms with Crippen molar-refractivity contribution in [3.63, 3.8) is 0 Å². The van der Waals surface area contributed by atoms with Crippen molar-refractivity contribution in [2.75, 3.05) is 44.7 Å². The third-order valence-electron chi connectivity index (χ3n) is 5.59. The van der Waals surface area contributed by atoms with Gasteiger partial charge in [-0.15, -0.1) is 0 Å². The predicted octanol–water partition coefficient (Wildman–Crippen LogP) is 3.98. The van der Waals surface area contributed by atoms with E-state index in [1.807, 2.05) is 41.2 Å². The SMILES string of the molecule is C=C(/C=C(/CC)N(C)CC(=O)N1CCN(c2ccccn2)CC1)c1ccc(C)cc1. The summed E-state index contributed by atoms with van der Waals surface area (Å²) >= 11 is 0. The molecule has 1 aliphatic rings. The van der Waals surface area contributed by atoms with Gasteiger partial charge in [0, 0.05) is 45.1 Å². The molecule has 1 amide bonds. The van der Waals surface area contributed by atoms with Crippen LogP contribution in [0.25, 0.3) is 5.57 Å². The average molecular weight is 405 g/mol. The van der Waals surface area contributed by atoms with Crippen LogP contribution in [0.4, 0.5) is 5.82 Å². The molecule has 0 bridgehead atoms. The van der Waals surface area contributed by atoms with Crippen molar-refractivity contribution < 1.29 is 4.79 Å².